The average Bonchev–Trinajstić information content (AvgIpc) is 3.51. The minimum Gasteiger partial charge on any atom is -0.507 e. The van der Waals surface area contributed by atoms with Gasteiger partial charge in [0.15, 0.2) is 0 Å². The molecule has 0 saturated carbocycles. The minimum absolute atomic E-state index is 0.0793. The zero-order valence-electron chi connectivity index (χ0n) is 16.7. The van der Waals surface area contributed by atoms with E-state index >= 15 is 0 Å². The molecule has 0 radical (unpaired) electrons. The van der Waals surface area contributed by atoms with Crippen LogP contribution in [0, 0.1) is 0 Å². The summed E-state index contributed by atoms with van der Waals surface area (Å²) in [4.78, 5) is 28.4. The molecule has 0 bridgehead atoms. The molecule has 1 aromatic carbocycles. The lowest BCUT2D eigenvalue weighted by Gasteiger charge is -2.26. The van der Waals surface area contributed by atoms with E-state index < -0.39 is 17.7 Å². The molecule has 7 heteroatoms. The highest BCUT2D eigenvalue weighted by Gasteiger charge is 2.47. The maximum atomic E-state index is 13.0. The van der Waals surface area contributed by atoms with E-state index in [1.54, 1.807) is 11.0 Å². The number of aliphatic hydroxyl groups excluding tert-OH is 1. The average molecular weight is 426 g/mol. The van der Waals surface area contributed by atoms with E-state index in [0.29, 0.717) is 18.7 Å². The summed E-state index contributed by atoms with van der Waals surface area (Å²) in [6.07, 6.45) is 2.57. The van der Waals surface area contributed by atoms with Gasteiger partial charge >= 0.3 is 0 Å². The van der Waals surface area contributed by atoms with Crippen LogP contribution in [0.15, 0.2) is 41.3 Å². The fourth-order valence-corrected chi connectivity index (χ4v) is 5.39. The van der Waals surface area contributed by atoms with Crippen molar-refractivity contribution < 1.29 is 24.2 Å². The molecule has 2 aromatic rings. The van der Waals surface area contributed by atoms with Crippen molar-refractivity contribution >= 4 is 28.8 Å². The van der Waals surface area contributed by atoms with Crippen molar-refractivity contribution in [3.8, 4) is 5.75 Å². The zero-order chi connectivity index (χ0) is 20.8. The molecule has 156 valence electrons. The number of hydrogen-bond acceptors (Lipinski definition) is 6. The van der Waals surface area contributed by atoms with Gasteiger partial charge in [-0.1, -0.05) is 6.07 Å². The van der Waals surface area contributed by atoms with Crippen LogP contribution in [-0.2, 0) is 20.7 Å². The largest absolute Gasteiger partial charge is 0.507 e. The van der Waals surface area contributed by atoms with Crippen LogP contribution in [0.3, 0.4) is 0 Å². The van der Waals surface area contributed by atoms with Crippen LogP contribution in [0.1, 0.15) is 41.8 Å². The minimum atomic E-state index is -0.644. The Morgan fingerprint density at radius 3 is 2.90 bits per heavy atom. The highest BCUT2D eigenvalue weighted by Crippen LogP contribution is 2.42. The van der Waals surface area contributed by atoms with Crippen LogP contribution < -0.4 is 4.74 Å². The molecule has 3 aliphatic rings. The number of benzene rings is 1. The van der Waals surface area contributed by atoms with Gasteiger partial charge in [-0.15, -0.1) is 11.3 Å². The summed E-state index contributed by atoms with van der Waals surface area (Å²) in [6.45, 7) is 3.01. The highest BCUT2D eigenvalue weighted by atomic mass is 32.1. The van der Waals surface area contributed by atoms with Crippen molar-refractivity contribution in [1.29, 1.82) is 0 Å². The molecule has 1 N–H and O–H groups in total. The summed E-state index contributed by atoms with van der Waals surface area (Å²) in [5.41, 5.74) is 1.67. The van der Waals surface area contributed by atoms with Gasteiger partial charge < -0.3 is 19.5 Å². The van der Waals surface area contributed by atoms with E-state index in [2.05, 4.69) is 0 Å². The molecule has 1 aromatic heterocycles. The Labute approximate surface area is 178 Å². The van der Waals surface area contributed by atoms with Crippen molar-refractivity contribution in [1.82, 2.24) is 4.90 Å². The molecule has 2 saturated heterocycles. The number of thiophene rings is 1. The van der Waals surface area contributed by atoms with E-state index in [0.717, 1.165) is 35.5 Å². The number of carbonyl (C=O) groups is 2. The van der Waals surface area contributed by atoms with Crippen LogP contribution in [0.2, 0.25) is 0 Å². The fraction of sp³-hybridized carbons (Fsp3) is 0.391. The Bertz CT molecular complexity index is 1020. The first-order valence-electron chi connectivity index (χ1n) is 10.3. The summed E-state index contributed by atoms with van der Waals surface area (Å²) < 4.78 is 11.4. The molecular weight excluding hydrogens is 402 g/mol. The number of hydrogen-bond donors (Lipinski definition) is 1. The Hall–Kier alpha value is -2.64. The maximum absolute atomic E-state index is 13.0. The number of rotatable bonds is 4. The highest BCUT2D eigenvalue weighted by molar-refractivity contribution is 7.10. The third-order valence-corrected chi connectivity index (χ3v) is 6.87. The Balaban J connectivity index is 1.57. The summed E-state index contributed by atoms with van der Waals surface area (Å²) in [7, 11) is 0. The molecule has 0 aliphatic carbocycles. The van der Waals surface area contributed by atoms with Crippen LogP contribution in [0.4, 0.5) is 0 Å². The van der Waals surface area contributed by atoms with Gasteiger partial charge in [-0.05, 0) is 55.0 Å². The normalized spacial score (nSPS) is 27.5. The summed E-state index contributed by atoms with van der Waals surface area (Å²) in [5, 5.41) is 13.1. The first-order valence-corrected chi connectivity index (χ1v) is 11.1. The lowest BCUT2D eigenvalue weighted by molar-refractivity contribution is -0.140. The van der Waals surface area contributed by atoms with E-state index in [-0.39, 0.29) is 23.5 Å². The number of amides is 1. The third kappa shape index (κ3) is 3.22. The van der Waals surface area contributed by atoms with E-state index in [1.165, 1.54) is 11.3 Å². The molecule has 6 nitrogen and oxygen atoms in total. The standard InChI is InChI=1S/C23H23NO5S/c1-13-10-15-11-14(6-7-17(15)29-13)21(25)19-20(18-5-3-9-30-18)24(23(27)22(19)26)12-16-4-2-8-28-16/h3,5-7,9,11,13,16,20,25H,2,4,8,10,12H2,1H3/t13-,16+,20-/m1/s1. The predicted octanol–water partition coefficient (Wildman–Crippen LogP) is 3.67. The van der Waals surface area contributed by atoms with Gasteiger partial charge in [-0.2, -0.15) is 0 Å². The van der Waals surface area contributed by atoms with Crippen molar-refractivity contribution in [3.63, 3.8) is 0 Å². The Morgan fingerprint density at radius 1 is 1.30 bits per heavy atom. The zero-order valence-corrected chi connectivity index (χ0v) is 17.5. The topological polar surface area (TPSA) is 76.1 Å². The number of aliphatic hydroxyl groups is 1. The van der Waals surface area contributed by atoms with Gasteiger partial charge in [0.05, 0.1) is 17.7 Å². The number of likely N-dealkylation sites (tertiary alicyclic amines) is 1. The summed E-state index contributed by atoms with van der Waals surface area (Å²) in [6, 6.07) is 8.60. The molecule has 4 heterocycles. The fourth-order valence-electron chi connectivity index (χ4n) is 4.54. The predicted molar refractivity (Wildman–Crippen MR) is 113 cm³/mol. The van der Waals surface area contributed by atoms with Gasteiger partial charge in [-0.25, -0.2) is 0 Å². The van der Waals surface area contributed by atoms with E-state index in [9.17, 15) is 14.7 Å². The van der Waals surface area contributed by atoms with Crippen LogP contribution in [0.5, 0.6) is 5.75 Å². The van der Waals surface area contributed by atoms with Crippen LogP contribution >= 0.6 is 11.3 Å². The molecule has 3 atom stereocenters. The number of ketones is 1. The second kappa shape index (κ2) is 7.56. The molecule has 3 aliphatic heterocycles. The number of carbonyl (C=O) groups excluding carboxylic acids is 2. The smallest absolute Gasteiger partial charge is 0.295 e. The van der Waals surface area contributed by atoms with Gasteiger partial charge in [0.25, 0.3) is 11.7 Å². The van der Waals surface area contributed by atoms with E-state index in [4.69, 9.17) is 9.47 Å². The van der Waals surface area contributed by atoms with Crippen molar-refractivity contribution in [2.45, 2.75) is 44.4 Å². The summed E-state index contributed by atoms with van der Waals surface area (Å²) >= 11 is 1.47. The van der Waals surface area contributed by atoms with Gasteiger partial charge in [0.2, 0.25) is 0 Å². The maximum Gasteiger partial charge on any atom is 0.295 e. The number of ether oxygens (including phenoxy) is 2. The van der Waals surface area contributed by atoms with Gasteiger partial charge in [0, 0.05) is 30.0 Å². The van der Waals surface area contributed by atoms with Crippen molar-refractivity contribution in [2.75, 3.05) is 13.2 Å². The lowest BCUT2D eigenvalue weighted by atomic mass is 9.98. The van der Waals surface area contributed by atoms with Gasteiger partial charge in [-0.3, -0.25) is 9.59 Å². The Kier molecular flexibility index (Phi) is 4.87. The SMILES string of the molecule is C[C@@H]1Cc2cc(C(O)=C3C(=O)C(=O)N(C[C@@H]4CCCO4)[C@@H]3c3cccs3)ccc2O1. The van der Waals surface area contributed by atoms with Crippen molar-refractivity contribution in [3.05, 3.63) is 57.3 Å². The molecule has 0 unspecified atom stereocenters. The molecule has 1 amide bonds. The molecule has 30 heavy (non-hydrogen) atoms. The number of nitrogens with zero attached hydrogens (tertiary/aromatic N) is 1. The first kappa shape index (κ1) is 19.3. The monoisotopic (exact) mass is 425 g/mol. The molecule has 2 fully saturated rings. The van der Waals surface area contributed by atoms with Crippen LogP contribution in [-0.4, -0.2) is 47.1 Å². The summed E-state index contributed by atoms with van der Waals surface area (Å²) in [5.74, 6) is -0.561. The second-order valence-electron chi connectivity index (χ2n) is 8.06. The van der Waals surface area contributed by atoms with Crippen LogP contribution in [0.25, 0.3) is 5.76 Å². The third-order valence-electron chi connectivity index (χ3n) is 5.95. The Morgan fingerprint density at radius 2 is 2.17 bits per heavy atom. The number of Topliss-reactive ketones (excluding diaryl/α,β-unsaturated/α-hetero) is 1. The lowest BCUT2D eigenvalue weighted by Crippen LogP contribution is -2.36. The molecule has 5 rings (SSSR count). The quantitative estimate of drug-likeness (QED) is 0.460. The first-order chi connectivity index (χ1) is 14.5. The molecule has 0 spiro atoms. The second-order valence-corrected chi connectivity index (χ2v) is 9.04. The van der Waals surface area contributed by atoms with E-state index in [1.807, 2.05) is 36.6 Å². The molecular formula is C23H23NO5S. The van der Waals surface area contributed by atoms with Gasteiger partial charge in [0.1, 0.15) is 17.6 Å². The van der Waals surface area contributed by atoms with Crippen molar-refractivity contribution in [2.24, 2.45) is 0 Å². The number of fused-ring (bicyclic) bond motifs is 1.